The molecule has 1 fully saturated rings. The maximum absolute atomic E-state index is 13.0. The molecule has 1 aromatic rings. The number of unbranched alkanes of at least 4 members (excludes halogenated alkanes) is 24. The molecule has 0 aromatic carbocycles. The molecule has 338 valence electrons. The fraction of sp³-hybridized carbons (Fsp3) is 0.787. The maximum atomic E-state index is 13.0. The number of aliphatic hydroxyl groups excluding tert-OH is 1. The number of hydrogen-bond donors (Lipinski definition) is 4. The SMILES string of the molecule is CCCCCCCC/C=C\CCCCCCCCNC(=O)O[C@@H]1[C@H](OC(=O)NCCCCCCCC/C=C\CCCCCCCC)[C@@H](CO)O[C@H]1n1ccc(=O)[nH]c1=O. The lowest BCUT2D eigenvalue weighted by atomic mass is 10.1. The number of amides is 2. The van der Waals surface area contributed by atoms with Crippen molar-refractivity contribution in [2.75, 3.05) is 19.7 Å². The van der Waals surface area contributed by atoms with Crippen molar-refractivity contribution in [3.8, 4) is 0 Å². The van der Waals surface area contributed by atoms with Gasteiger partial charge in [0, 0.05) is 25.4 Å². The molecule has 1 aliphatic rings. The van der Waals surface area contributed by atoms with Crippen LogP contribution >= 0.6 is 0 Å². The van der Waals surface area contributed by atoms with Crippen LogP contribution in [0.5, 0.6) is 0 Å². The molecule has 1 aromatic heterocycles. The smallest absolute Gasteiger partial charge is 0.407 e. The largest absolute Gasteiger partial charge is 0.439 e. The number of ether oxygens (including phenoxy) is 3. The molecule has 0 bridgehead atoms. The number of alkyl carbamates (subject to hydrolysis) is 2. The molecule has 0 unspecified atom stereocenters. The van der Waals surface area contributed by atoms with Gasteiger partial charge in [0.05, 0.1) is 6.61 Å². The molecule has 59 heavy (non-hydrogen) atoms. The average Bonchev–Trinajstić information content (AvgIpc) is 3.55. The van der Waals surface area contributed by atoms with E-state index in [-0.39, 0.29) is 0 Å². The number of hydrogen-bond acceptors (Lipinski definition) is 8. The maximum Gasteiger partial charge on any atom is 0.407 e. The lowest BCUT2D eigenvalue weighted by Crippen LogP contribution is -2.45. The summed E-state index contributed by atoms with van der Waals surface area (Å²) in [6.45, 7) is 4.74. The van der Waals surface area contributed by atoms with Crippen molar-refractivity contribution >= 4 is 12.2 Å². The monoisotopic (exact) mass is 831 g/mol. The second-order valence-electron chi connectivity index (χ2n) is 16.2. The minimum Gasteiger partial charge on any atom is -0.439 e. The molecule has 0 saturated carbocycles. The number of aromatic amines is 1. The van der Waals surface area contributed by atoms with Crippen LogP contribution in [0.4, 0.5) is 9.59 Å². The Hall–Kier alpha value is -3.38. The second kappa shape index (κ2) is 35.4. The van der Waals surface area contributed by atoms with E-state index in [1.807, 2.05) is 0 Å². The van der Waals surface area contributed by atoms with Crippen molar-refractivity contribution in [1.29, 1.82) is 0 Å². The number of nitrogens with zero attached hydrogens (tertiary/aromatic N) is 1. The molecule has 12 nitrogen and oxygen atoms in total. The van der Waals surface area contributed by atoms with Gasteiger partial charge < -0.3 is 30.0 Å². The quantitative estimate of drug-likeness (QED) is 0.0384. The molecular formula is C47H82N4O8. The summed E-state index contributed by atoms with van der Waals surface area (Å²) < 4.78 is 18.3. The normalized spacial score (nSPS) is 17.9. The Bertz CT molecular complexity index is 1380. The summed E-state index contributed by atoms with van der Waals surface area (Å²) in [7, 11) is 0. The summed E-state index contributed by atoms with van der Waals surface area (Å²) in [6.07, 6.45) is 37.5. The lowest BCUT2D eigenvalue weighted by Gasteiger charge is -2.24. The Morgan fingerprint density at radius 2 is 1.02 bits per heavy atom. The van der Waals surface area contributed by atoms with E-state index < -0.39 is 54.6 Å². The summed E-state index contributed by atoms with van der Waals surface area (Å²) in [4.78, 5) is 52.5. The van der Waals surface area contributed by atoms with Gasteiger partial charge >= 0.3 is 17.9 Å². The summed E-state index contributed by atoms with van der Waals surface area (Å²) in [5, 5.41) is 15.6. The predicted molar refractivity (Wildman–Crippen MR) is 238 cm³/mol. The number of nitrogens with one attached hydrogen (secondary N) is 3. The van der Waals surface area contributed by atoms with Gasteiger partial charge in [0.2, 0.25) is 0 Å². The molecule has 4 atom stereocenters. The van der Waals surface area contributed by atoms with Crippen molar-refractivity contribution < 1.29 is 28.9 Å². The molecule has 1 saturated heterocycles. The highest BCUT2D eigenvalue weighted by molar-refractivity contribution is 5.68. The van der Waals surface area contributed by atoms with Gasteiger partial charge in [0.1, 0.15) is 6.10 Å². The highest BCUT2D eigenvalue weighted by Crippen LogP contribution is 2.33. The first-order chi connectivity index (χ1) is 28.9. The summed E-state index contributed by atoms with van der Waals surface area (Å²) in [6, 6.07) is 1.14. The minimum absolute atomic E-state index is 0.392. The lowest BCUT2D eigenvalue weighted by molar-refractivity contribution is -0.0571. The van der Waals surface area contributed by atoms with Crippen molar-refractivity contribution in [2.24, 2.45) is 0 Å². The first-order valence-corrected chi connectivity index (χ1v) is 23.7. The zero-order valence-electron chi connectivity index (χ0n) is 36.9. The van der Waals surface area contributed by atoms with Crippen LogP contribution in [0, 0.1) is 0 Å². The third-order valence-corrected chi connectivity index (χ3v) is 11.0. The topological polar surface area (TPSA) is 161 Å². The Kier molecular flexibility index (Phi) is 31.0. The van der Waals surface area contributed by atoms with Gasteiger partial charge in [-0.05, 0) is 64.2 Å². The van der Waals surface area contributed by atoms with Crippen LogP contribution in [-0.4, -0.2) is 64.9 Å². The van der Waals surface area contributed by atoms with Gasteiger partial charge in [0.15, 0.2) is 18.4 Å². The molecule has 12 heteroatoms. The molecule has 2 heterocycles. The molecule has 0 radical (unpaired) electrons. The molecule has 2 rings (SSSR count). The van der Waals surface area contributed by atoms with Crippen LogP contribution in [0.25, 0.3) is 0 Å². The number of carbonyl (C=O) groups excluding carboxylic acids is 2. The fourth-order valence-electron chi connectivity index (χ4n) is 7.43. The minimum atomic E-state index is -1.27. The van der Waals surface area contributed by atoms with E-state index in [1.165, 1.54) is 122 Å². The highest BCUT2D eigenvalue weighted by atomic mass is 16.7. The summed E-state index contributed by atoms with van der Waals surface area (Å²) >= 11 is 0. The third kappa shape index (κ3) is 25.1. The van der Waals surface area contributed by atoms with E-state index in [0.29, 0.717) is 13.1 Å². The molecule has 4 N–H and O–H groups in total. The Morgan fingerprint density at radius 1 is 0.627 bits per heavy atom. The van der Waals surface area contributed by atoms with Gasteiger partial charge in [-0.25, -0.2) is 14.4 Å². The Balaban J connectivity index is 1.69. The number of carbonyl (C=O) groups is 2. The number of aliphatic hydroxyl groups is 1. The van der Waals surface area contributed by atoms with Crippen molar-refractivity contribution in [2.45, 2.75) is 218 Å². The zero-order chi connectivity index (χ0) is 42.6. The number of aromatic nitrogens is 2. The van der Waals surface area contributed by atoms with Gasteiger partial charge in [-0.3, -0.25) is 14.3 Å². The van der Waals surface area contributed by atoms with E-state index in [4.69, 9.17) is 14.2 Å². The van der Waals surface area contributed by atoms with E-state index in [1.54, 1.807) is 0 Å². The van der Waals surface area contributed by atoms with Gasteiger partial charge in [-0.2, -0.15) is 0 Å². The molecule has 1 aliphatic heterocycles. The highest BCUT2D eigenvalue weighted by Gasteiger charge is 2.50. The standard InChI is InChI=1S/C47H82N4O8/c1-3-5-7-9-11-13-15-17-19-21-23-25-27-29-31-33-36-48-46(55)58-42-40(39-52)57-44(51-38-35-41(53)50-45(51)54)43(42)59-47(56)49-37-34-32-30-28-26-24-22-20-18-16-14-12-10-8-6-4-2/h17-20,35,38,40,42-44,52H,3-16,21-34,36-37,39H2,1-2H3,(H,48,55)(H,49,56)(H,50,53,54)/b19-17-,20-18-/t40-,42-,43-,44-/m1/s1. The van der Waals surface area contributed by atoms with Crippen LogP contribution in [-0.2, 0) is 14.2 Å². The number of H-pyrrole nitrogens is 1. The summed E-state index contributed by atoms with van der Waals surface area (Å²) in [5.74, 6) is 0. The van der Waals surface area contributed by atoms with E-state index >= 15 is 0 Å². The zero-order valence-corrected chi connectivity index (χ0v) is 36.9. The first kappa shape index (κ1) is 51.8. The van der Waals surface area contributed by atoms with Crippen LogP contribution in [0.15, 0.2) is 46.2 Å². The molecule has 0 aliphatic carbocycles. The second-order valence-corrected chi connectivity index (χ2v) is 16.2. The van der Waals surface area contributed by atoms with E-state index in [9.17, 15) is 24.3 Å². The van der Waals surface area contributed by atoms with Crippen LogP contribution in [0.2, 0.25) is 0 Å². The number of allylic oxidation sites excluding steroid dienone is 4. The molecule has 2 amide bonds. The van der Waals surface area contributed by atoms with Crippen LogP contribution in [0.3, 0.4) is 0 Å². The Labute approximate surface area is 355 Å². The van der Waals surface area contributed by atoms with E-state index in [0.717, 1.165) is 74.8 Å². The first-order valence-electron chi connectivity index (χ1n) is 23.7. The number of rotatable bonds is 36. The van der Waals surface area contributed by atoms with Crippen LogP contribution < -0.4 is 21.9 Å². The van der Waals surface area contributed by atoms with Gasteiger partial charge in [0.25, 0.3) is 5.56 Å². The fourth-order valence-corrected chi connectivity index (χ4v) is 7.43. The van der Waals surface area contributed by atoms with E-state index in [2.05, 4.69) is 53.8 Å². The van der Waals surface area contributed by atoms with Crippen molar-refractivity contribution in [3.05, 3.63) is 57.4 Å². The molecule has 0 spiro atoms. The molecular weight excluding hydrogens is 749 g/mol. The third-order valence-electron chi connectivity index (χ3n) is 11.0. The van der Waals surface area contributed by atoms with Crippen LogP contribution in [0.1, 0.15) is 200 Å². The predicted octanol–water partition coefficient (Wildman–Crippen LogP) is 10.7. The van der Waals surface area contributed by atoms with Gasteiger partial charge in [-0.15, -0.1) is 0 Å². The average molecular weight is 831 g/mol. The van der Waals surface area contributed by atoms with Crippen molar-refractivity contribution in [3.63, 3.8) is 0 Å². The van der Waals surface area contributed by atoms with Gasteiger partial charge in [-0.1, -0.05) is 154 Å². The Morgan fingerprint density at radius 3 is 1.42 bits per heavy atom. The summed E-state index contributed by atoms with van der Waals surface area (Å²) in [5.41, 5.74) is -1.39. The van der Waals surface area contributed by atoms with Crippen molar-refractivity contribution in [1.82, 2.24) is 20.2 Å².